The molecule has 6 rings (SSSR count). The van der Waals surface area contributed by atoms with Crippen molar-refractivity contribution >= 4 is 33.3 Å². The van der Waals surface area contributed by atoms with Crippen LogP contribution in [0, 0.1) is 12.4 Å². The van der Waals surface area contributed by atoms with Gasteiger partial charge in [-0.3, -0.25) is 4.90 Å². The van der Waals surface area contributed by atoms with Gasteiger partial charge < -0.3 is 18.8 Å². The van der Waals surface area contributed by atoms with Crippen molar-refractivity contribution < 1.29 is 23.4 Å². The lowest BCUT2D eigenvalue weighted by Crippen LogP contribution is -2.35. The fraction of sp³-hybridized carbons (Fsp3) is 0.400. The number of hydrogen-bond acceptors (Lipinski definition) is 8. The van der Waals surface area contributed by atoms with E-state index in [2.05, 4.69) is 14.3 Å². The molecule has 2 saturated heterocycles. The molecule has 2 aliphatic rings. The van der Waals surface area contributed by atoms with E-state index in [0.717, 1.165) is 73.9 Å². The molecule has 0 spiro atoms. The van der Waals surface area contributed by atoms with Crippen molar-refractivity contribution in [1.82, 2.24) is 19.4 Å². The van der Waals surface area contributed by atoms with Crippen molar-refractivity contribution in [1.29, 1.82) is 0 Å². The highest BCUT2D eigenvalue weighted by molar-refractivity contribution is 7.20. The summed E-state index contributed by atoms with van der Waals surface area (Å²) in [4.78, 5) is 28.8. The Hall–Kier alpha value is -3.85. The maximum Gasteiger partial charge on any atom is 0.348 e. The Morgan fingerprint density at radius 1 is 1.20 bits per heavy atom. The summed E-state index contributed by atoms with van der Waals surface area (Å²) in [6, 6.07) is 12.0. The highest BCUT2D eigenvalue weighted by atomic mass is 32.1. The van der Waals surface area contributed by atoms with Gasteiger partial charge >= 0.3 is 5.97 Å². The van der Waals surface area contributed by atoms with E-state index in [1.807, 2.05) is 18.2 Å². The first-order valence-corrected chi connectivity index (χ1v) is 14.5. The third-order valence-electron chi connectivity index (χ3n) is 7.75. The molecule has 3 aromatic heterocycles. The van der Waals surface area contributed by atoms with E-state index < -0.39 is 5.82 Å². The fourth-order valence-corrected chi connectivity index (χ4v) is 6.29. The van der Waals surface area contributed by atoms with Gasteiger partial charge in [-0.1, -0.05) is 18.2 Å². The predicted octanol–water partition coefficient (Wildman–Crippen LogP) is 5.72. The number of nitrogens with zero attached hydrogens (tertiary/aromatic N) is 5. The summed E-state index contributed by atoms with van der Waals surface area (Å²) in [5.74, 6) is 0.964. The number of hydrogen-bond donors (Lipinski definition) is 0. The van der Waals surface area contributed by atoms with Crippen molar-refractivity contribution in [3.63, 3.8) is 0 Å². The molecule has 11 heteroatoms. The Morgan fingerprint density at radius 2 is 2.02 bits per heavy atom. The van der Waals surface area contributed by atoms with Crippen LogP contribution in [0.3, 0.4) is 0 Å². The quantitative estimate of drug-likeness (QED) is 0.187. The van der Waals surface area contributed by atoms with Crippen molar-refractivity contribution in [3.8, 4) is 5.88 Å². The van der Waals surface area contributed by atoms with Crippen molar-refractivity contribution in [3.05, 3.63) is 81.7 Å². The number of fused-ring (bicyclic) bond motifs is 1. The minimum absolute atomic E-state index is 0.0517. The maximum atomic E-state index is 14.2. The maximum absolute atomic E-state index is 14.2. The number of esters is 1. The van der Waals surface area contributed by atoms with Crippen LogP contribution in [0.25, 0.3) is 15.2 Å². The summed E-state index contributed by atoms with van der Waals surface area (Å²) in [5.41, 5.74) is 2.59. The molecule has 0 radical (unpaired) electrons. The molecule has 0 unspecified atom stereocenters. The van der Waals surface area contributed by atoms with Crippen molar-refractivity contribution in [2.24, 2.45) is 0 Å². The highest BCUT2D eigenvalue weighted by Gasteiger charge is 2.27. The molecule has 0 saturated carbocycles. The number of methoxy groups -OCH3 is 1. The monoisotopic (exact) mass is 575 g/mol. The number of benzene rings is 1. The van der Waals surface area contributed by atoms with Gasteiger partial charge in [-0.05, 0) is 50.6 Å². The normalized spacial score (nSPS) is 17.7. The third kappa shape index (κ3) is 5.95. The fourth-order valence-electron chi connectivity index (χ4n) is 5.32. The zero-order chi connectivity index (χ0) is 28.3. The summed E-state index contributed by atoms with van der Waals surface area (Å²) in [7, 11) is 1.39. The van der Waals surface area contributed by atoms with Crippen LogP contribution in [0.1, 0.15) is 51.9 Å². The van der Waals surface area contributed by atoms with Gasteiger partial charge in [0.05, 0.1) is 38.4 Å². The Balaban J connectivity index is 1.09. The van der Waals surface area contributed by atoms with Crippen LogP contribution < -0.4 is 4.74 Å². The smallest absolute Gasteiger partial charge is 0.348 e. The van der Waals surface area contributed by atoms with E-state index in [0.29, 0.717) is 22.2 Å². The minimum atomic E-state index is -0.452. The number of piperidine rings is 1. The second-order valence-electron chi connectivity index (χ2n) is 10.3. The number of aromatic nitrogens is 3. The Kier molecular flexibility index (Phi) is 7.96. The Bertz CT molecular complexity index is 1600. The molecule has 0 bridgehead atoms. The van der Waals surface area contributed by atoms with Crippen molar-refractivity contribution in [2.75, 3.05) is 26.8 Å². The van der Waals surface area contributed by atoms with Gasteiger partial charge in [0.2, 0.25) is 5.88 Å². The lowest BCUT2D eigenvalue weighted by Gasteiger charge is -2.32. The lowest BCUT2D eigenvalue weighted by molar-refractivity contribution is -0.0592. The number of imidazole rings is 1. The summed E-state index contributed by atoms with van der Waals surface area (Å²) in [6.45, 7) is 11.1. The molecular formula is C30H30FN5O4S. The molecule has 212 valence electrons. The Labute approximate surface area is 241 Å². The van der Waals surface area contributed by atoms with E-state index in [1.54, 1.807) is 18.2 Å². The number of halogens is 1. The predicted molar refractivity (Wildman–Crippen MR) is 152 cm³/mol. The van der Waals surface area contributed by atoms with Gasteiger partial charge in [0.25, 0.3) is 0 Å². The summed E-state index contributed by atoms with van der Waals surface area (Å²) in [5, 5.41) is 0. The first-order valence-electron chi connectivity index (χ1n) is 13.7. The number of likely N-dealkylation sites (tertiary alicyclic amines) is 1. The highest BCUT2D eigenvalue weighted by Crippen LogP contribution is 2.32. The van der Waals surface area contributed by atoms with Crippen LogP contribution in [0.5, 0.6) is 5.88 Å². The molecule has 4 aromatic rings. The van der Waals surface area contributed by atoms with Crippen LogP contribution in [0.15, 0.2) is 42.5 Å². The van der Waals surface area contributed by atoms with Crippen molar-refractivity contribution in [2.45, 2.75) is 51.0 Å². The number of ether oxygens (including phenoxy) is 3. The van der Waals surface area contributed by atoms with Crippen LogP contribution in [0.2, 0.25) is 0 Å². The van der Waals surface area contributed by atoms with Crippen LogP contribution in [-0.2, 0) is 29.2 Å². The molecule has 0 aliphatic carbocycles. The first-order chi connectivity index (χ1) is 20.0. The SMILES string of the molecule is [C-]#[N+]c1ccc(COc2cccc(C3CCN(Cc4nc5sc(C(=O)OC)cc5n4C[C@@H]4CCO4)CC3)n2)c(F)c1. The van der Waals surface area contributed by atoms with Gasteiger partial charge in [0.15, 0.2) is 5.69 Å². The van der Waals surface area contributed by atoms with Crippen LogP contribution in [0.4, 0.5) is 10.1 Å². The number of rotatable bonds is 9. The molecule has 1 aromatic carbocycles. The molecule has 2 fully saturated rings. The third-order valence-corrected chi connectivity index (χ3v) is 8.75. The molecule has 0 amide bonds. The van der Waals surface area contributed by atoms with Gasteiger partial charge in [0, 0.05) is 29.8 Å². The lowest BCUT2D eigenvalue weighted by atomic mass is 9.93. The van der Waals surface area contributed by atoms with E-state index in [1.165, 1.54) is 24.5 Å². The van der Waals surface area contributed by atoms with E-state index in [4.69, 9.17) is 30.8 Å². The zero-order valence-corrected chi connectivity index (χ0v) is 23.5. The molecular weight excluding hydrogens is 545 g/mol. The zero-order valence-electron chi connectivity index (χ0n) is 22.7. The number of carbonyl (C=O) groups is 1. The van der Waals surface area contributed by atoms with Gasteiger partial charge in [0.1, 0.15) is 28.0 Å². The molecule has 9 nitrogen and oxygen atoms in total. The molecule has 5 heterocycles. The van der Waals surface area contributed by atoms with Crippen LogP contribution in [-0.4, -0.2) is 58.3 Å². The molecule has 0 N–H and O–H groups in total. The summed E-state index contributed by atoms with van der Waals surface area (Å²) >= 11 is 1.37. The summed E-state index contributed by atoms with van der Waals surface area (Å²) in [6.07, 6.45) is 3.11. The molecule has 2 aliphatic heterocycles. The van der Waals surface area contributed by atoms with E-state index in [9.17, 15) is 9.18 Å². The average molecular weight is 576 g/mol. The second-order valence-corrected chi connectivity index (χ2v) is 11.4. The van der Waals surface area contributed by atoms with Gasteiger partial charge in [-0.25, -0.2) is 24.0 Å². The Morgan fingerprint density at radius 3 is 2.73 bits per heavy atom. The second kappa shape index (κ2) is 11.9. The summed E-state index contributed by atoms with van der Waals surface area (Å²) < 4.78 is 32.9. The van der Waals surface area contributed by atoms with E-state index >= 15 is 0 Å². The number of pyridine rings is 1. The molecule has 41 heavy (non-hydrogen) atoms. The largest absolute Gasteiger partial charge is 0.473 e. The van der Waals surface area contributed by atoms with Crippen LogP contribution >= 0.6 is 11.3 Å². The number of carbonyl (C=O) groups excluding carboxylic acids is 1. The van der Waals surface area contributed by atoms with Gasteiger partial charge in [-0.15, -0.1) is 11.3 Å². The van der Waals surface area contributed by atoms with Gasteiger partial charge in [-0.2, -0.15) is 0 Å². The van der Waals surface area contributed by atoms with E-state index in [-0.39, 0.29) is 24.4 Å². The molecule has 1 atom stereocenters. The minimum Gasteiger partial charge on any atom is -0.473 e. The average Bonchev–Trinajstić information content (AvgIpc) is 3.52. The number of thiophene rings is 1. The standard InChI is InChI=1S/C30H30FN5O4S/c1-32-21-7-6-20(23(31)14-21)18-40-28-5-3-4-24(33-28)19-8-11-35(12-9-19)17-27-34-29-25(15-26(41-29)30(37)38-2)36(27)16-22-10-13-39-22/h3-7,14-15,19,22H,8-13,16-18H2,2H3/t22-/m0/s1. The topological polar surface area (TPSA) is 83.1 Å². The first kappa shape index (κ1) is 27.3.